The van der Waals surface area contributed by atoms with Gasteiger partial charge in [-0.1, -0.05) is 27.7 Å². The molecule has 0 atom stereocenters. The number of hydrogen-bond acceptors (Lipinski definition) is 2. The predicted octanol–water partition coefficient (Wildman–Crippen LogP) is 1.20. The van der Waals surface area contributed by atoms with Gasteiger partial charge in [0.2, 0.25) is 5.91 Å². The number of nitrogens with zero attached hydrogens (tertiary/aromatic N) is 1. The monoisotopic (exact) mass is 341 g/mol. The van der Waals surface area contributed by atoms with Crippen LogP contribution in [0.1, 0.15) is 40.5 Å². The number of carbonyl (C=O) groups excluding carboxylic acids is 1. The number of carbonyl (C=O) groups is 1. The summed E-state index contributed by atoms with van der Waals surface area (Å²) in [5.74, 6) is 0.0932. The summed E-state index contributed by atoms with van der Waals surface area (Å²) in [6.45, 7) is 8.24. The summed E-state index contributed by atoms with van der Waals surface area (Å²) in [6, 6.07) is 0.189. The molecule has 1 aliphatic heterocycles. The lowest BCUT2D eigenvalue weighted by atomic mass is 9.79. The molecule has 0 unspecified atom stereocenters. The van der Waals surface area contributed by atoms with Gasteiger partial charge in [0.15, 0.2) is 0 Å². The van der Waals surface area contributed by atoms with Crippen molar-refractivity contribution in [1.82, 2.24) is 10.4 Å². The van der Waals surface area contributed by atoms with Crippen LogP contribution in [0.3, 0.4) is 0 Å². The highest BCUT2D eigenvalue weighted by Crippen LogP contribution is 2.36. The number of rotatable bonds is 2. The number of piperidine rings is 1. The molecule has 0 bridgehead atoms. The molecule has 94 valence electrons. The third-order valence-corrected chi connectivity index (χ3v) is 3.88. The van der Waals surface area contributed by atoms with Crippen molar-refractivity contribution in [2.45, 2.75) is 57.7 Å². The van der Waals surface area contributed by atoms with Gasteiger partial charge in [-0.15, -0.1) is 0 Å². The molecule has 0 aliphatic carbocycles. The third kappa shape index (κ3) is 3.07. The molecule has 1 rings (SSSR count). The average molecular weight is 341 g/mol. The van der Waals surface area contributed by atoms with Gasteiger partial charge in [0.1, 0.15) is 0 Å². The zero-order chi connectivity index (χ0) is 12.6. The number of nitrogens with one attached hydrogen (secondary N) is 1. The van der Waals surface area contributed by atoms with Gasteiger partial charge < -0.3 is 10.5 Å². The summed E-state index contributed by atoms with van der Waals surface area (Å²) < 4.78 is 0.500. The molecule has 0 spiro atoms. The fraction of sp³-hybridized carbons (Fsp3) is 0.909. The van der Waals surface area contributed by atoms with Crippen molar-refractivity contribution in [1.29, 1.82) is 0 Å². The molecule has 1 heterocycles. The van der Waals surface area contributed by atoms with Crippen LogP contribution in [-0.4, -0.2) is 37.7 Å². The minimum absolute atomic E-state index is 0.0932. The molecule has 0 aromatic carbocycles. The van der Waals surface area contributed by atoms with E-state index >= 15 is 0 Å². The van der Waals surface area contributed by atoms with E-state index in [1.54, 1.807) is 5.06 Å². The molecule has 0 radical (unpaired) electrons. The second-order valence-corrected chi connectivity index (χ2v) is 6.53. The minimum atomic E-state index is -0.190. The smallest absolute Gasteiger partial charge is 0.230 e. The topological polar surface area (TPSA) is 55.2 Å². The van der Waals surface area contributed by atoms with Gasteiger partial charge in [0.05, 0.1) is 15.5 Å². The lowest BCUT2D eigenvalue weighted by molar-refractivity contribution is -0.246. The van der Waals surface area contributed by atoms with Crippen molar-refractivity contribution in [3.8, 4) is 0 Å². The zero-order valence-corrected chi connectivity index (χ0v) is 12.6. The Morgan fingerprint density at radius 3 is 2.19 bits per heavy atom. The Kier molecular flexibility index (Phi) is 4.23. The summed E-state index contributed by atoms with van der Waals surface area (Å²) in [5.41, 5.74) is -0.379. The second-order valence-electron chi connectivity index (χ2n) is 5.77. The first-order valence-electron chi connectivity index (χ1n) is 5.56. The van der Waals surface area contributed by atoms with Crippen LogP contribution in [0.25, 0.3) is 0 Å². The van der Waals surface area contributed by atoms with Crippen LogP contribution in [0.2, 0.25) is 0 Å². The minimum Gasteiger partial charge on any atom is -0.353 e. The molecule has 3 N–H and O–H groups in total. The van der Waals surface area contributed by atoms with Crippen molar-refractivity contribution in [2.75, 3.05) is 4.43 Å². The van der Waals surface area contributed by atoms with Crippen molar-refractivity contribution in [3.63, 3.8) is 0 Å². The number of amides is 1. The maximum atomic E-state index is 11.4. The molecule has 0 saturated carbocycles. The Hall–Kier alpha value is 0.120. The van der Waals surface area contributed by atoms with E-state index in [0.29, 0.717) is 4.43 Å². The quantitative estimate of drug-likeness (QED) is 0.466. The summed E-state index contributed by atoms with van der Waals surface area (Å²) in [5, 5.41) is 12.8. The van der Waals surface area contributed by atoms with E-state index in [2.05, 4.69) is 55.6 Å². The fourth-order valence-corrected chi connectivity index (χ4v) is 2.87. The van der Waals surface area contributed by atoms with E-state index in [1.165, 1.54) is 0 Å². The largest absolute Gasteiger partial charge is 0.353 e. The first-order chi connectivity index (χ1) is 7.19. The number of halogens is 1. The molecule has 4 nitrogen and oxygen atoms in total. The maximum absolute atomic E-state index is 11.4. The summed E-state index contributed by atoms with van der Waals surface area (Å²) >= 11 is 2.07. The van der Waals surface area contributed by atoms with Crippen molar-refractivity contribution < 1.29 is 10.0 Å². The van der Waals surface area contributed by atoms with Gasteiger partial charge in [-0.2, -0.15) is 0 Å². The second kappa shape index (κ2) is 4.78. The molecule has 16 heavy (non-hydrogen) atoms. The predicted molar refractivity (Wildman–Crippen MR) is 73.7 cm³/mol. The van der Waals surface area contributed by atoms with Crippen LogP contribution >= 0.6 is 22.6 Å². The lowest BCUT2D eigenvalue weighted by Crippen LogP contribution is -2.63. The molecule has 1 aliphatic rings. The van der Waals surface area contributed by atoms with E-state index in [4.69, 9.17) is 5.21 Å². The van der Waals surface area contributed by atoms with Gasteiger partial charge in [-0.25, -0.2) is 0 Å². The molecule has 1 fully saturated rings. The Balaban J connectivity index is 2.75. The third-order valence-electron chi connectivity index (χ3n) is 3.19. The molecule has 1 amide bonds. The SMILES string of the molecule is CC1(C)CC(NC(=O)CI)CC(C)(C)N1[OH2+]. The van der Waals surface area contributed by atoms with Crippen LogP contribution in [0.4, 0.5) is 0 Å². The van der Waals surface area contributed by atoms with Crippen LogP contribution in [-0.2, 0) is 4.79 Å². The van der Waals surface area contributed by atoms with E-state index in [9.17, 15) is 4.79 Å². The van der Waals surface area contributed by atoms with E-state index < -0.39 is 0 Å². The van der Waals surface area contributed by atoms with Gasteiger partial charge in [0, 0.05) is 6.04 Å². The molecule has 0 aromatic rings. The molecule has 1 saturated heterocycles. The Bertz CT molecular complexity index is 261. The normalized spacial score (nSPS) is 25.4. The number of hydroxylamine groups is 2. The Labute approximate surface area is 111 Å². The summed E-state index contributed by atoms with van der Waals surface area (Å²) in [6.07, 6.45) is 1.67. The van der Waals surface area contributed by atoms with Crippen LogP contribution < -0.4 is 5.32 Å². The van der Waals surface area contributed by atoms with Crippen molar-refractivity contribution >= 4 is 28.5 Å². The first-order valence-corrected chi connectivity index (χ1v) is 7.08. The van der Waals surface area contributed by atoms with Gasteiger partial charge >= 0.3 is 0 Å². The average Bonchev–Trinajstić information content (AvgIpc) is 2.13. The van der Waals surface area contributed by atoms with Crippen LogP contribution in [0, 0.1) is 0 Å². The summed E-state index contributed by atoms with van der Waals surface area (Å²) in [7, 11) is 0. The fourth-order valence-electron chi connectivity index (χ4n) is 2.65. The first kappa shape index (κ1) is 14.2. The van der Waals surface area contributed by atoms with Gasteiger partial charge in [-0.3, -0.25) is 4.79 Å². The van der Waals surface area contributed by atoms with Crippen molar-refractivity contribution in [2.24, 2.45) is 0 Å². The van der Waals surface area contributed by atoms with Crippen LogP contribution in [0.5, 0.6) is 0 Å². The van der Waals surface area contributed by atoms with Gasteiger partial charge in [0.25, 0.3) is 0 Å². The van der Waals surface area contributed by atoms with E-state index in [0.717, 1.165) is 12.8 Å². The highest BCUT2D eigenvalue weighted by Gasteiger charge is 2.48. The highest BCUT2D eigenvalue weighted by molar-refractivity contribution is 14.1. The van der Waals surface area contributed by atoms with E-state index in [-0.39, 0.29) is 23.0 Å². The van der Waals surface area contributed by atoms with Crippen molar-refractivity contribution in [3.05, 3.63) is 0 Å². The molecule has 5 heteroatoms. The van der Waals surface area contributed by atoms with Gasteiger partial charge in [-0.05, 0) is 40.5 Å². The van der Waals surface area contributed by atoms with E-state index in [1.807, 2.05) is 0 Å². The molecular weight excluding hydrogens is 319 g/mol. The van der Waals surface area contributed by atoms with Crippen LogP contribution in [0.15, 0.2) is 0 Å². The summed E-state index contributed by atoms with van der Waals surface area (Å²) in [4.78, 5) is 11.4. The maximum Gasteiger partial charge on any atom is 0.230 e. The standard InChI is InChI=1S/C11H21IN2O2/c1-10(2)5-8(13-9(15)7-12)6-11(3,4)14(10)16/h8,16H,5-7H2,1-4H3,(H,13,15)/p+1. The zero-order valence-electron chi connectivity index (χ0n) is 10.4. The number of hydrogen-bond donors (Lipinski definition) is 1. The molecular formula is C11H22IN2O2+. The number of alkyl halides is 1. The lowest BCUT2D eigenvalue weighted by Gasteiger charge is -2.47. The Morgan fingerprint density at radius 1 is 1.38 bits per heavy atom. The Morgan fingerprint density at radius 2 is 1.81 bits per heavy atom. The highest BCUT2D eigenvalue weighted by atomic mass is 127. The molecule has 0 aromatic heterocycles.